The van der Waals surface area contributed by atoms with Gasteiger partial charge in [-0.2, -0.15) is 0 Å². The van der Waals surface area contributed by atoms with Crippen molar-refractivity contribution in [2.45, 2.75) is 25.9 Å². The molecule has 5 heteroatoms. The maximum Gasteiger partial charge on any atom is 0.122 e. The Morgan fingerprint density at radius 1 is 1.37 bits per heavy atom. The molecule has 3 heterocycles. The lowest BCUT2D eigenvalue weighted by Crippen LogP contribution is -2.48. The fourth-order valence-corrected chi connectivity index (χ4v) is 3.44. The first-order valence-corrected chi connectivity index (χ1v) is 7.23. The van der Waals surface area contributed by atoms with Crippen LogP contribution in [0.15, 0.2) is 12.4 Å². The second-order valence-corrected chi connectivity index (χ2v) is 5.93. The third-order valence-electron chi connectivity index (χ3n) is 4.50. The van der Waals surface area contributed by atoms with Gasteiger partial charge in [-0.25, -0.2) is 4.98 Å². The Kier molecular flexibility index (Phi) is 3.86. The van der Waals surface area contributed by atoms with Crippen molar-refractivity contribution in [2.24, 2.45) is 5.41 Å². The van der Waals surface area contributed by atoms with E-state index in [0.29, 0.717) is 5.41 Å². The van der Waals surface area contributed by atoms with Crippen LogP contribution < -0.4 is 5.32 Å². The van der Waals surface area contributed by atoms with Crippen molar-refractivity contribution in [1.29, 1.82) is 0 Å². The van der Waals surface area contributed by atoms with E-state index in [0.717, 1.165) is 45.9 Å². The van der Waals surface area contributed by atoms with Crippen LogP contribution in [0.25, 0.3) is 0 Å². The predicted molar refractivity (Wildman–Crippen MR) is 73.9 cm³/mol. The zero-order valence-electron chi connectivity index (χ0n) is 11.8. The zero-order chi connectivity index (χ0) is 13.1. The minimum absolute atomic E-state index is 0.328. The smallest absolute Gasteiger partial charge is 0.122 e. The average molecular weight is 264 g/mol. The zero-order valence-corrected chi connectivity index (χ0v) is 11.8. The van der Waals surface area contributed by atoms with Gasteiger partial charge < -0.3 is 14.6 Å². The maximum absolute atomic E-state index is 5.51. The largest absolute Gasteiger partial charge is 0.384 e. The number of hydrogen-bond acceptors (Lipinski definition) is 4. The van der Waals surface area contributed by atoms with Crippen LogP contribution in [0.2, 0.25) is 0 Å². The summed E-state index contributed by atoms with van der Waals surface area (Å²) < 4.78 is 7.77. The topological polar surface area (TPSA) is 42.3 Å². The molecule has 2 aliphatic rings. The van der Waals surface area contributed by atoms with Crippen molar-refractivity contribution in [3.63, 3.8) is 0 Å². The summed E-state index contributed by atoms with van der Waals surface area (Å²) in [5.74, 6) is 1.20. The molecule has 106 valence electrons. The van der Waals surface area contributed by atoms with Crippen LogP contribution in [-0.2, 0) is 17.8 Å². The molecule has 1 fully saturated rings. The van der Waals surface area contributed by atoms with Crippen molar-refractivity contribution >= 4 is 0 Å². The number of hydrogen-bond donors (Lipinski definition) is 1. The normalized spacial score (nSPS) is 23.2. The Labute approximate surface area is 114 Å². The second-order valence-electron chi connectivity index (χ2n) is 5.93. The monoisotopic (exact) mass is 264 g/mol. The number of rotatable bonds is 4. The molecule has 2 aliphatic heterocycles. The average Bonchev–Trinajstić information content (AvgIpc) is 2.87. The van der Waals surface area contributed by atoms with Gasteiger partial charge in [0.2, 0.25) is 0 Å². The molecule has 1 N–H and O–H groups in total. The van der Waals surface area contributed by atoms with Crippen LogP contribution >= 0.6 is 0 Å². The summed E-state index contributed by atoms with van der Waals surface area (Å²) in [5.41, 5.74) is 0.328. The fraction of sp³-hybridized carbons (Fsp3) is 0.786. The Morgan fingerprint density at radius 3 is 3.00 bits per heavy atom. The number of piperidine rings is 1. The van der Waals surface area contributed by atoms with Crippen molar-refractivity contribution in [2.75, 3.05) is 39.9 Å². The molecule has 0 bridgehead atoms. The van der Waals surface area contributed by atoms with Crippen molar-refractivity contribution in [3.8, 4) is 0 Å². The molecule has 0 unspecified atom stereocenters. The van der Waals surface area contributed by atoms with Crippen molar-refractivity contribution in [3.05, 3.63) is 18.2 Å². The third kappa shape index (κ3) is 2.83. The minimum Gasteiger partial charge on any atom is -0.384 e. The summed E-state index contributed by atoms with van der Waals surface area (Å²) in [6.07, 6.45) is 6.42. The number of aromatic nitrogens is 2. The number of methoxy groups -OCH3 is 1. The van der Waals surface area contributed by atoms with Gasteiger partial charge in [0.25, 0.3) is 0 Å². The molecule has 0 saturated carbocycles. The van der Waals surface area contributed by atoms with Gasteiger partial charge in [-0.15, -0.1) is 0 Å². The molecule has 0 amide bonds. The number of ether oxygens (including phenoxy) is 1. The molecule has 0 radical (unpaired) electrons. The highest BCUT2D eigenvalue weighted by molar-refractivity contribution is 4.97. The lowest BCUT2D eigenvalue weighted by molar-refractivity contribution is 0.0151. The molecule has 1 aromatic heterocycles. The number of fused-ring (bicyclic) bond motifs is 1. The molecule has 5 nitrogen and oxygen atoms in total. The standard InChI is InChI=1S/C14H24N4O/c1-19-12-14(2-4-15-5-3-14)11-17-8-9-18-7-6-16-13(18)10-17/h6-7,15H,2-5,8-12H2,1H3. The summed E-state index contributed by atoms with van der Waals surface area (Å²) in [4.78, 5) is 6.99. The van der Waals surface area contributed by atoms with Gasteiger partial charge in [0.1, 0.15) is 5.82 Å². The maximum atomic E-state index is 5.51. The molecule has 3 rings (SSSR count). The van der Waals surface area contributed by atoms with Gasteiger partial charge in [0, 0.05) is 44.6 Å². The number of imidazole rings is 1. The van der Waals surface area contributed by atoms with Gasteiger partial charge in [0.15, 0.2) is 0 Å². The first kappa shape index (κ1) is 13.1. The van der Waals surface area contributed by atoms with Crippen molar-refractivity contribution < 1.29 is 4.74 Å². The quantitative estimate of drug-likeness (QED) is 0.870. The molecule has 0 aromatic carbocycles. The molecular weight excluding hydrogens is 240 g/mol. The van der Waals surface area contributed by atoms with E-state index in [1.807, 2.05) is 13.3 Å². The van der Waals surface area contributed by atoms with E-state index in [1.165, 1.54) is 18.7 Å². The molecule has 19 heavy (non-hydrogen) atoms. The van der Waals surface area contributed by atoms with E-state index in [2.05, 4.69) is 26.0 Å². The number of nitrogens with zero attached hydrogens (tertiary/aromatic N) is 3. The lowest BCUT2D eigenvalue weighted by Gasteiger charge is -2.42. The van der Waals surface area contributed by atoms with E-state index in [4.69, 9.17) is 4.74 Å². The second kappa shape index (κ2) is 5.61. The van der Waals surface area contributed by atoms with E-state index >= 15 is 0 Å². The highest BCUT2D eigenvalue weighted by Crippen LogP contribution is 2.31. The Balaban J connectivity index is 1.66. The highest BCUT2D eigenvalue weighted by atomic mass is 16.5. The SMILES string of the molecule is COCC1(CN2CCn3ccnc3C2)CCNCC1. The Hall–Kier alpha value is -0.910. The van der Waals surface area contributed by atoms with Gasteiger partial charge in [-0.05, 0) is 25.9 Å². The van der Waals surface area contributed by atoms with Gasteiger partial charge in [-0.1, -0.05) is 0 Å². The molecule has 0 atom stereocenters. The van der Waals surface area contributed by atoms with E-state index < -0.39 is 0 Å². The van der Waals surface area contributed by atoms with Gasteiger partial charge in [-0.3, -0.25) is 4.90 Å². The summed E-state index contributed by atoms with van der Waals surface area (Å²) >= 11 is 0. The third-order valence-corrected chi connectivity index (χ3v) is 4.50. The van der Waals surface area contributed by atoms with Crippen LogP contribution in [0, 0.1) is 5.41 Å². The van der Waals surface area contributed by atoms with Gasteiger partial charge >= 0.3 is 0 Å². The van der Waals surface area contributed by atoms with Crippen molar-refractivity contribution in [1.82, 2.24) is 19.8 Å². The summed E-state index contributed by atoms with van der Waals surface area (Å²) in [6.45, 7) is 7.41. The molecular formula is C14H24N4O. The Bertz CT molecular complexity index is 406. The van der Waals surface area contributed by atoms with Crippen LogP contribution in [0.1, 0.15) is 18.7 Å². The molecule has 0 aliphatic carbocycles. The Morgan fingerprint density at radius 2 is 2.21 bits per heavy atom. The first-order valence-electron chi connectivity index (χ1n) is 7.23. The molecule has 1 saturated heterocycles. The molecule has 1 aromatic rings. The van der Waals surface area contributed by atoms with Crippen LogP contribution in [0.4, 0.5) is 0 Å². The molecule has 0 spiro atoms. The minimum atomic E-state index is 0.328. The summed E-state index contributed by atoms with van der Waals surface area (Å²) in [6, 6.07) is 0. The van der Waals surface area contributed by atoms with E-state index in [-0.39, 0.29) is 0 Å². The summed E-state index contributed by atoms with van der Waals surface area (Å²) in [7, 11) is 1.83. The number of nitrogens with one attached hydrogen (secondary N) is 1. The van der Waals surface area contributed by atoms with Crippen LogP contribution in [0.5, 0.6) is 0 Å². The predicted octanol–water partition coefficient (Wildman–Crippen LogP) is 0.715. The van der Waals surface area contributed by atoms with E-state index in [1.54, 1.807) is 0 Å². The summed E-state index contributed by atoms with van der Waals surface area (Å²) in [5, 5.41) is 3.46. The lowest BCUT2D eigenvalue weighted by atomic mass is 9.79. The first-order chi connectivity index (χ1) is 9.31. The highest BCUT2D eigenvalue weighted by Gasteiger charge is 2.34. The van der Waals surface area contributed by atoms with Crippen LogP contribution in [0.3, 0.4) is 0 Å². The van der Waals surface area contributed by atoms with Gasteiger partial charge in [0.05, 0.1) is 13.2 Å². The fourth-order valence-electron chi connectivity index (χ4n) is 3.44. The van der Waals surface area contributed by atoms with Crippen LogP contribution in [-0.4, -0.2) is 54.3 Å². The van der Waals surface area contributed by atoms with E-state index in [9.17, 15) is 0 Å².